The summed E-state index contributed by atoms with van der Waals surface area (Å²) in [5.74, 6) is -1.56. The van der Waals surface area contributed by atoms with E-state index in [-0.39, 0.29) is 0 Å². The van der Waals surface area contributed by atoms with E-state index >= 15 is 0 Å². The molecule has 0 aromatic heterocycles. The van der Waals surface area contributed by atoms with Crippen molar-refractivity contribution in [3.63, 3.8) is 0 Å². The van der Waals surface area contributed by atoms with Gasteiger partial charge in [-0.25, -0.2) is 4.79 Å². The minimum Gasteiger partial charge on any atom is -0.472 e. The average Bonchev–Trinajstić information content (AvgIpc) is 3.49. The first-order chi connectivity index (χ1) is 16.6. The number of fused-ring (bicyclic) bond motifs is 3. The van der Waals surface area contributed by atoms with Gasteiger partial charge in [-0.3, -0.25) is 0 Å². The molecule has 3 heterocycles. The van der Waals surface area contributed by atoms with Crippen molar-refractivity contribution in [2.75, 3.05) is 6.61 Å². The van der Waals surface area contributed by atoms with Gasteiger partial charge >= 0.3 is 5.97 Å². The molecule has 0 amide bonds. The summed E-state index contributed by atoms with van der Waals surface area (Å²) in [4.78, 5) is 12.1. The summed E-state index contributed by atoms with van der Waals surface area (Å²) in [5, 5.41) is 52.6. The van der Waals surface area contributed by atoms with Crippen LogP contribution in [0.4, 0.5) is 0 Å². The van der Waals surface area contributed by atoms with Crippen molar-refractivity contribution in [2.45, 2.75) is 67.3 Å². The fourth-order valence-corrected chi connectivity index (χ4v) is 5.10. The Morgan fingerprint density at radius 2 is 1.83 bits per heavy atom. The zero-order valence-electron chi connectivity index (χ0n) is 18.8. The first kappa shape index (κ1) is 24.3. The van der Waals surface area contributed by atoms with Gasteiger partial charge in [-0.15, -0.1) is 0 Å². The molecule has 3 fully saturated rings. The number of hydrogen-bond donors (Lipinski definition) is 5. The van der Waals surface area contributed by atoms with Gasteiger partial charge in [0.2, 0.25) is 6.29 Å². The Morgan fingerprint density at radius 3 is 2.57 bits per heavy atom. The van der Waals surface area contributed by atoms with E-state index < -0.39 is 78.9 Å². The molecule has 11 nitrogen and oxygen atoms in total. The molecule has 1 saturated carbocycles. The van der Waals surface area contributed by atoms with Crippen LogP contribution in [0.25, 0.3) is 6.08 Å². The number of carbonyl (C=O) groups is 1. The van der Waals surface area contributed by atoms with Crippen LogP contribution in [0.1, 0.15) is 12.5 Å². The Labute approximate surface area is 200 Å². The van der Waals surface area contributed by atoms with Gasteiger partial charge in [0.15, 0.2) is 6.29 Å². The van der Waals surface area contributed by atoms with Gasteiger partial charge in [-0.1, -0.05) is 30.3 Å². The second-order valence-electron chi connectivity index (χ2n) is 9.36. The first-order valence-corrected chi connectivity index (χ1v) is 11.3. The number of aliphatic hydroxyl groups is 5. The summed E-state index contributed by atoms with van der Waals surface area (Å²) in [5.41, 5.74) is -1.82. The van der Waals surface area contributed by atoms with Crippen molar-refractivity contribution in [1.29, 1.82) is 0 Å². The number of carbonyl (C=O) groups excluding carboxylic acids is 1. The van der Waals surface area contributed by atoms with Crippen LogP contribution in [0.2, 0.25) is 0 Å². The van der Waals surface area contributed by atoms with Crippen LogP contribution in [0.3, 0.4) is 0 Å². The molecule has 1 aliphatic carbocycles. The maximum absolute atomic E-state index is 12.1. The molecule has 1 aromatic carbocycles. The molecule has 5 rings (SSSR count). The number of epoxide rings is 1. The minimum atomic E-state index is -1.68. The summed E-state index contributed by atoms with van der Waals surface area (Å²) >= 11 is 0. The van der Waals surface area contributed by atoms with Gasteiger partial charge in [-0.05, 0) is 24.6 Å². The summed E-state index contributed by atoms with van der Waals surface area (Å²) in [6.45, 7) is 1.27. The maximum atomic E-state index is 12.1. The molecule has 0 bridgehead atoms. The van der Waals surface area contributed by atoms with Crippen LogP contribution in [-0.4, -0.2) is 98.5 Å². The van der Waals surface area contributed by atoms with Crippen molar-refractivity contribution < 1.29 is 54.0 Å². The Morgan fingerprint density at radius 1 is 1.09 bits per heavy atom. The first-order valence-electron chi connectivity index (χ1n) is 11.3. The predicted octanol–water partition coefficient (Wildman–Crippen LogP) is -1.18. The molecule has 35 heavy (non-hydrogen) atoms. The van der Waals surface area contributed by atoms with Crippen molar-refractivity contribution in [2.24, 2.45) is 5.92 Å². The highest BCUT2D eigenvalue weighted by molar-refractivity contribution is 5.87. The second kappa shape index (κ2) is 8.95. The van der Waals surface area contributed by atoms with Crippen LogP contribution in [0, 0.1) is 5.92 Å². The van der Waals surface area contributed by atoms with E-state index in [2.05, 4.69) is 0 Å². The summed E-state index contributed by atoms with van der Waals surface area (Å²) in [6, 6.07) is 9.09. The molecular weight excluding hydrogens is 464 g/mol. The SMILES string of the molecule is CC12OC1C(O)C1(O)C=COC(OC3OC(COC(=O)C=Cc4ccccc4)C(O)C(O)C3O)C12. The van der Waals surface area contributed by atoms with Gasteiger partial charge in [0, 0.05) is 6.08 Å². The van der Waals surface area contributed by atoms with Crippen LogP contribution in [0.15, 0.2) is 48.7 Å². The smallest absolute Gasteiger partial charge is 0.330 e. The van der Waals surface area contributed by atoms with Crippen LogP contribution in [0.5, 0.6) is 0 Å². The normalized spacial score (nSPS) is 46.1. The van der Waals surface area contributed by atoms with Crippen molar-refractivity contribution >= 4 is 12.0 Å². The quantitative estimate of drug-likeness (QED) is 0.184. The van der Waals surface area contributed by atoms with Crippen LogP contribution >= 0.6 is 0 Å². The molecule has 1 aromatic rings. The van der Waals surface area contributed by atoms with Gasteiger partial charge in [0.1, 0.15) is 54.4 Å². The largest absolute Gasteiger partial charge is 0.472 e. The van der Waals surface area contributed by atoms with E-state index in [9.17, 15) is 30.3 Å². The van der Waals surface area contributed by atoms with Crippen LogP contribution < -0.4 is 0 Å². The van der Waals surface area contributed by atoms with E-state index in [4.69, 9.17) is 23.7 Å². The Kier molecular flexibility index (Phi) is 6.22. The fraction of sp³-hybridized carbons (Fsp3) is 0.542. The number of esters is 1. The lowest BCUT2D eigenvalue weighted by atomic mass is 9.82. The highest BCUT2D eigenvalue weighted by Crippen LogP contribution is 2.61. The molecule has 3 aliphatic heterocycles. The van der Waals surface area contributed by atoms with E-state index in [1.54, 1.807) is 25.1 Å². The number of benzene rings is 1. The fourth-order valence-electron chi connectivity index (χ4n) is 5.10. The lowest BCUT2D eigenvalue weighted by molar-refractivity contribution is -0.350. The van der Waals surface area contributed by atoms with Crippen molar-refractivity contribution in [1.82, 2.24) is 0 Å². The molecular formula is C24H28O11. The molecule has 11 heteroatoms. The van der Waals surface area contributed by atoms with Crippen molar-refractivity contribution in [3.8, 4) is 0 Å². The van der Waals surface area contributed by atoms with E-state index in [1.807, 2.05) is 18.2 Å². The van der Waals surface area contributed by atoms with E-state index in [0.717, 1.165) is 5.56 Å². The lowest BCUT2D eigenvalue weighted by Gasteiger charge is -2.45. The van der Waals surface area contributed by atoms with E-state index in [0.29, 0.717) is 0 Å². The Balaban J connectivity index is 1.23. The van der Waals surface area contributed by atoms with Gasteiger partial charge in [-0.2, -0.15) is 0 Å². The third-order valence-electron chi connectivity index (χ3n) is 7.12. The topological polar surface area (TPSA) is 168 Å². The maximum Gasteiger partial charge on any atom is 0.330 e. The molecule has 4 aliphatic rings. The highest BCUT2D eigenvalue weighted by Gasteiger charge is 2.79. The second-order valence-corrected chi connectivity index (χ2v) is 9.36. The molecule has 5 N–H and O–H groups in total. The Bertz CT molecular complexity index is 998. The standard InChI is InChI=1S/C24H28O11/c1-23-18-22(31-10-9-24(18,30)19(29)20(23)35-23)34-21-17(28)16(27)15(26)13(33-21)11-32-14(25)8-7-12-5-3-2-4-6-12/h2-10,13,15-22,26-30H,11H2,1H3. The van der Waals surface area contributed by atoms with Gasteiger partial charge in [0.05, 0.1) is 12.2 Å². The Hall–Kier alpha value is -2.35. The molecule has 11 unspecified atom stereocenters. The third kappa shape index (κ3) is 4.17. The molecule has 0 spiro atoms. The third-order valence-corrected chi connectivity index (χ3v) is 7.12. The van der Waals surface area contributed by atoms with Gasteiger partial charge < -0.3 is 49.2 Å². The molecule has 2 saturated heterocycles. The number of ether oxygens (including phenoxy) is 5. The van der Waals surface area contributed by atoms with Gasteiger partial charge in [0.25, 0.3) is 0 Å². The zero-order chi connectivity index (χ0) is 25.0. The average molecular weight is 492 g/mol. The lowest BCUT2D eigenvalue weighted by Crippen LogP contribution is -2.62. The predicted molar refractivity (Wildman–Crippen MR) is 116 cm³/mol. The molecule has 0 radical (unpaired) electrons. The molecule has 190 valence electrons. The monoisotopic (exact) mass is 492 g/mol. The number of rotatable bonds is 6. The van der Waals surface area contributed by atoms with Crippen molar-refractivity contribution in [3.05, 3.63) is 54.3 Å². The summed E-state index contributed by atoms with van der Waals surface area (Å²) in [6.07, 6.45) is -5.40. The van der Waals surface area contributed by atoms with E-state index in [1.165, 1.54) is 18.4 Å². The highest BCUT2D eigenvalue weighted by atomic mass is 16.8. The summed E-state index contributed by atoms with van der Waals surface area (Å²) < 4.78 is 27.6. The number of aliphatic hydroxyl groups excluding tert-OH is 4. The zero-order valence-corrected chi connectivity index (χ0v) is 18.8. The van der Waals surface area contributed by atoms with Crippen LogP contribution in [-0.2, 0) is 28.5 Å². The summed E-state index contributed by atoms with van der Waals surface area (Å²) in [7, 11) is 0. The number of hydrogen-bond acceptors (Lipinski definition) is 11. The minimum absolute atomic E-state index is 0.427. The molecule has 11 atom stereocenters.